The number of hydrogen-bond donors (Lipinski definition) is 1. The van der Waals surface area contributed by atoms with E-state index in [0.717, 1.165) is 25.0 Å². The predicted octanol–water partition coefficient (Wildman–Crippen LogP) is 3.82. The molecule has 4 heteroatoms. The van der Waals surface area contributed by atoms with Crippen LogP contribution in [0.15, 0.2) is 12.4 Å². The first kappa shape index (κ1) is 17.5. The van der Waals surface area contributed by atoms with Crippen LogP contribution in [0, 0.1) is 11.3 Å². The zero-order chi connectivity index (χ0) is 17.1. The topological polar surface area (TPSA) is 33.1 Å². The van der Waals surface area contributed by atoms with Gasteiger partial charge < -0.3 is 9.88 Å². The summed E-state index contributed by atoms with van der Waals surface area (Å²) < 4.78 is 2.32. The van der Waals surface area contributed by atoms with E-state index in [2.05, 4.69) is 32.9 Å². The number of hydrogen-bond acceptors (Lipinski definition) is 3. The summed E-state index contributed by atoms with van der Waals surface area (Å²) in [6.07, 6.45) is 17.0. The molecule has 1 aromatic heterocycles. The Morgan fingerprint density at radius 3 is 2.80 bits per heavy atom. The zero-order valence-electron chi connectivity index (χ0n) is 16.1. The van der Waals surface area contributed by atoms with E-state index in [1.54, 1.807) is 0 Å². The molecule has 4 nitrogen and oxygen atoms in total. The van der Waals surface area contributed by atoms with Gasteiger partial charge >= 0.3 is 0 Å². The van der Waals surface area contributed by atoms with Crippen molar-refractivity contribution in [1.82, 2.24) is 19.8 Å². The molecule has 2 saturated carbocycles. The second kappa shape index (κ2) is 7.79. The molecule has 2 heterocycles. The van der Waals surface area contributed by atoms with Gasteiger partial charge in [-0.05, 0) is 63.6 Å². The van der Waals surface area contributed by atoms with Gasteiger partial charge in [0.25, 0.3) is 0 Å². The van der Waals surface area contributed by atoms with Crippen molar-refractivity contribution in [2.24, 2.45) is 11.3 Å². The van der Waals surface area contributed by atoms with Crippen molar-refractivity contribution in [2.45, 2.75) is 83.8 Å². The monoisotopic (exact) mass is 344 g/mol. The largest absolute Gasteiger partial charge is 0.334 e. The first-order valence-corrected chi connectivity index (χ1v) is 10.8. The van der Waals surface area contributed by atoms with Crippen molar-refractivity contribution in [3.63, 3.8) is 0 Å². The third-order valence-corrected chi connectivity index (χ3v) is 7.22. The second-order valence-electron chi connectivity index (χ2n) is 8.72. The van der Waals surface area contributed by atoms with Crippen molar-refractivity contribution in [3.05, 3.63) is 18.2 Å². The summed E-state index contributed by atoms with van der Waals surface area (Å²) >= 11 is 0. The number of aromatic nitrogens is 2. The standard InChI is InChI=1S/C21H36N4/c1-2-24-15-13-23-20(24)17-25(14-8-18-6-4-3-5-7-18)19-16-21(19)9-11-22-12-10-21/h13,15,18-19,22H,2-12,14,16-17H2,1H3. The molecule has 1 atom stereocenters. The van der Waals surface area contributed by atoms with Crippen molar-refractivity contribution in [1.29, 1.82) is 0 Å². The number of imidazole rings is 1. The lowest BCUT2D eigenvalue weighted by Crippen LogP contribution is -2.37. The van der Waals surface area contributed by atoms with E-state index in [-0.39, 0.29) is 0 Å². The number of aryl methyl sites for hydroxylation is 1. The maximum atomic E-state index is 4.67. The molecule has 3 fully saturated rings. The van der Waals surface area contributed by atoms with Crippen LogP contribution >= 0.6 is 0 Å². The van der Waals surface area contributed by atoms with Gasteiger partial charge in [-0.2, -0.15) is 0 Å². The molecule has 2 aliphatic carbocycles. The third-order valence-electron chi connectivity index (χ3n) is 7.22. The van der Waals surface area contributed by atoms with Crippen LogP contribution in [0.4, 0.5) is 0 Å². The van der Waals surface area contributed by atoms with E-state index in [1.165, 1.54) is 83.2 Å². The molecule has 3 aliphatic rings. The summed E-state index contributed by atoms with van der Waals surface area (Å²) in [4.78, 5) is 7.49. The van der Waals surface area contributed by atoms with E-state index in [4.69, 9.17) is 0 Å². The highest BCUT2D eigenvalue weighted by Crippen LogP contribution is 2.56. The summed E-state index contributed by atoms with van der Waals surface area (Å²) in [5.41, 5.74) is 0.626. The normalized spacial score (nSPS) is 26.4. The van der Waals surface area contributed by atoms with E-state index in [1.807, 2.05) is 6.20 Å². The van der Waals surface area contributed by atoms with Gasteiger partial charge in [-0.25, -0.2) is 4.98 Å². The van der Waals surface area contributed by atoms with Crippen LogP contribution in [0.5, 0.6) is 0 Å². The van der Waals surface area contributed by atoms with Gasteiger partial charge in [-0.15, -0.1) is 0 Å². The van der Waals surface area contributed by atoms with Crippen LogP contribution in [0.2, 0.25) is 0 Å². The Labute approximate surface area is 153 Å². The molecule has 1 saturated heterocycles. The molecule has 1 spiro atoms. The van der Waals surface area contributed by atoms with E-state index >= 15 is 0 Å². The summed E-state index contributed by atoms with van der Waals surface area (Å²) in [5.74, 6) is 2.24. The Balaban J connectivity index is 1.41. The van der Waals surface area contributed by atoms with Crippen LogP contribution in [0.25, 0.3) is 0 Å². The summed E-state index contributed by atoms with van der Waals surface area (Å²) in [6, 6.07) is 0.806. The first-order valence-electron chi connectivity index (χ1n) is 10.8. The average Bonchev–Trinajstić information content (AvgIpc) is 3.14. The highest BCUT2D eigenvalue weighted by Gasteiger charge is 2.56. The lowest BCUT2D eigenvalue weighted by atomic mass is 9.87. The molecule has 0 radical (unpaired) electrons. The molecule has 0 bridgehead atoms. The molecular weight excluding hydrogens is 308 g/mol. The van der Waals surface area contributed by atoms with E-state index in [9.17, 15) is 0 Å². The van der Waals surface area contributed by atoms with Crippen LogP contribution in [-0.4, -0.2) is 40.1 Å². The van der Waals surface area contributed by atoms with Gasteiger partial charge in [0.15, 0.2) is 0 Å². The van der Waals surface area contributed by atoms with Crippen molar-refractivity contribution in [3.8, 4) is 0 Å². The molecule has 0 amide bonds. The van der Waals surface area contributed by atoms with Gasteiger partial charge in [0.05, 0.1) is 6.54 Å². The number of piperidine rings is 1. The van der Waals surface area contributed by atoms with Crippen LogP contribution in [-0.2, 0) is 13.1 Å². The maximum Gasteiger partial charge on any atom is 0.122 e. The molecule has 1 unspecified atom stereocenters. The summed E-state index contributed by atoms with van der Waals surface area (Å²) in [7, 11) is 0. The van der Waals surface area contributed by atoms with Gasteiger partial charge in [0, 0.05) is 25.0 Å². The predicted molar refractivity (Wildman–Crippen MR) is 102 cm³/mol. The van der Waals surface area contributed by atoms with Crippen LogP contribution in [0.3, 0.4) is 0 Å². The van der Waals surface area contributed by atoms with Crippen LogP contribution in [0.1, 0.15) is 70.5 Å². The van der Waals surface area contributed by atoms with Crippen molar-refractivity contribution >= 4 is 0 Å². The minimum absolute atomic E-state index is 0.626. The van der Waals surface area contributed by atoms with E-state index in [0.29, 0.717) is 5.41 Å². The lowest BCUT2D eigenvalue weighted by molar-refractivity contribution is 0.171. The Morgan fingerprint density at radius 1 is 1.24 bits per heavy atom. The Morgan fingerprint density at radius 2 is 2.04 bits per heavy atom. The summed E-state index contributed by atoms with van der Waals surface area (Å²) in [5, 5.41) is 3.55. The molecule has 25 heavy (non-hydrogen) atoms. The number of rotatable bonds is 7. The lowest BCUT2D eigenvalue weighted by Gasteiger charge is -2.31. The Hall–Kier alpha value is -0.870. The van der Waals surface area contributed by atoms with Crippen LogP contribution < -0.4 is 5.32 Å². The zero-order valence-corrected chi connectivity index (χ0v) is 16.1. The molecule has 0 aromatic carbocycles. The van der Waals surface area contributed by atoms with Gasteiger partial charge in [-0.1, -0.05) is 32.1 Å². The van der Waals surface area contributed by atoms with Gasteiger partial charge in [-0.3, -0.25) is 4.90 Å². The average molecular weight is 345 g/mol. The fourth-order valence-corrected chi connectivity index (χ4v) is 5.44. The van der Waals surface area contributed by atoms with Gasteiger partial charge in [0.1, 0.15) is 5.82 Å². The van der Waals surface area contributed by atoms with Crippen molar-refractivity contribution < 1.29 is 0 Å². The minimum atomic E-state index is 0.626. The first-order chi connectivity index (χ1) is 12.3. The molecule has 1 aromatic rings. The highest BCUT2D eigenvalue weighted by molar-refractivity contribution is 5.11. The smallest absolute Gasteiger partial charge is 0.122 e. The van der Waals surface area contributed by atoms with Gasteiger partial charge in [0.2, 0.25) is 0 Å². The number of nitrogens with one attached hydrogen (secondary N) is 1. The molecule has 1 aliphatic heterocycles. The SMILES string of the molecule is CCn1ccnc1CN(CCC1CCCCC1)C1CC12CCNCC2. The number of nitrogens with zero attached hydrogens (tertiary/aromatic N) is 3. The summed E-state index contributed by atoms with van der Waals surface area (Å²) in [6.45, 7) is 8.02. The highest BCUT2D eigenvalue weighted by atomic mass is 15.2. The molecule has 1 N–H and O–H groups in total. The Bertz CT molecular complexity index is 540. The third kappa shape index (κ3) is 3.95. The molecular formula is C21H36N4. The fraction of sp³-hybridized carbons (Fsp3) is 0.857. The molecule has 140 valence electrons. The quantitative estimate of drug-likeness (QED) is 0.816. The molecule has 4 rings (SSSR count). The Kier molecular flexibility index (Phi) is 5.47. The fourth-order valence-electron chi connectivity index (χ4n) is 5.44. The minimum Gasteiger partial charge on any atom is -0.334 e. The van der Waals surface area contributed by atoms with E-state index < -0.39 is 0 Å². The second-order valence-corrected chi connectivity index (χ2v) is 8.72. The van der Waals surface area contributed by atoms with Crippen molar-refractivity contribution in [2.75, 3.05) is 19.6 Å². The maximum absolute atomic E-state index is 4.67.